The first-order valence-electron chi connectivity index (χ1n) is 4.67. The minimum atomic E-state index is -2.00. The summed E-state index contributed by atoms with van der Waals surface area (Å²) in [6, 6.07) is 7.99. The second-order valence-corrected chi connectivity index (χ2v) is 4.93. The molecule has 0 aliphatic carbocycles. The van der Waals surface area contributed by atoms with Gasteiger partial charge in [0.2, 0.25) is 0 Å². The van der Waals surface area contributed by atoms with Crippen molar-refractivity contribution in [1.82, 2.24) is 0 Å². The third-order valence-corrected chi connectivity index (χ3v) is 3.63. The Morgan fingerprint density at radius 2 is 1.71 bits per heavy atom. The molecule has 0 aliphatic rings. The summed E-state index contributed by atoms with van der Waals surface area (Å²) in [7, 11) is 0. The van der Waals surface area contributed by atoms with Gasteiger partial charge in [0.15, 0.2) is 0 Å². The highest BCUT2D eigenvalue weighted by Gasteiger charge is 2.14. The van der Waals surface area contributed by atoms with Gasteiger partial charge in [0.1, 0.15) is 0 Å². The minimum Gasteiger partial charge on any atom is -0.772 e. The molecule has 0 fully saturated rings. The van der Waals surface area contributed by atoms with Crippen molar-refractivity contribution in [2.75, 3.05) is 0 Å². The lowest BCUT2D eigenvalue weighted by Crippen LogP contribution is -2.17. The molecular weight excluding hydrogens is 196 g/mol. The van der Waals surface area contributed by atoms with Gasteiger partial charge in [0, 0.05) is 5.25 Å². The summed E-state index contributed by atoms with van der Waals surface area (Å²) in [4.78, 5) is 0. The normalized spacial score (nSPS) is 17.4. The van der Waals surface area contributed by atoms with E-state index in [0.717, 1.165) is 5.56 Å². The van der Waals surface area contributed by atoms with Crippen molar-refractivity contribution in [1.29, 1.82) is 0 Å². The molecular formula is C11H15O2S-. The second kappa shape index (κ2) is 4.71. The van der Waals surface area contributed by atoms with E-state index in [0.29, 0.717) is 0 Å². The van der Waals surface area contributed by atoms with Crippen molar-refractivity contribution >= 4 is 11.1 Å². The Morgan fingerprint density at radius 3 is 2.14 bits per heavy atom. The summed E-state index contributed by atoms with van der Waals surface area (Å²) in [5.74, 6) is 0.0499. The molecule has 2 nitrogen and oxygen atoms in total. The lowest BCUT2D eigenvalue weighted by atomic mass is 9.97. The van der Waals surface area contributed by atoms with E-state index in [1.807, 2.05) is 38.1 Å². The molecule has 0 bridgehead atoms. The predicted octanol–water partition coefficient (Wildman–Crippen LogP) is 2.37. The Labute approximate surface area is 87.6 Å². The number of aryl methyl sites for hydroxylation is 1. The van der Waals surface area contributed by atoms with Crippen LogP contribution in [0.2, 0.25) is 0 Å². The molecule has 1 aromatic rings. The average molecular weight is 211 g/mol. The highest BCUT2D eigenvalue weighted by Crippen LogP contribution is 2.22. The van der Waals surface area contributed by atoms with E-state index >= 15 is 0 Å². The maximum atomic E-state index is 10.8. The van der Waals surface area contributed by atoms with Crippen LogP contribution in [0.25, 0.3) is 0 Å². The quantitative estimate of drug-likeness (QED) is 0.720. The van der Waals surface area contributed by atoms with Crippen LogP contribution in [-0.2, 0) is 11.1 Å². The van der Waals surface area contributed by atoms with Gasteiger partial charge in [-0.15, -0.1) is 0 Å². The molecule has 3 unspecified atom stereocenters. The van der Waals surface area contributed by atoms with Crippen LogP contribution < -0.4 is 0 Å². The van der Waals surface area contributed by atoms with Gasteiger partial charge in [-0.3, -0.25) is 4.21 Å². The summed E-state index contributed by atoms with van der Waals surface area (Å²) < 4.78 is 21.6. The van der Waals surface area contributed by atoms with Gasteiger partial charge in [-0.25, -0.2) is 0 Å². The Morgan fingerprint density at radius 1 is 1.21 bits per heavy atom. The molecule has 14 heavy (non-hydrogen) atoms. The van der Waals surface area contributed by atoms with Gasteiger partial charge in [-0.1, -0.05) is 54.8 Å². The minimum absolute atomic E-state index is 0.0499. The van der Waals surface area contributed by atoms with E-state index in [1.54, 1.807) is 6.92 Å². The molecule has 0 saturated heterocycles. The van der Waals surface area contributed by atoms with Crippen LogP contribution in [0.3, 0.4) is 0 Å². The van der Waals surface area contributed by atoms with Crippen LogP contribution in [0.4, 0.5) is 0 Å². The van der Waals surface area contributed by atoms with Crippen LogP contribution >= 0.6 is 0 Å². The van der Waals surface area contributed by atoms with Gasteiger partial charge >= 0.3 is 0 Å². The van der Waals surface area contributed by atoms with Crippen molar-refractivity contribution in [2.45, 2.75) is 31.9 Å². The molecule has 3 atom stereocenters. The van der Waals surface area contributed by atoms with E-state index < -0.39 is 11.1 Å². The fraction of sp³-hybridized carbons (Fsp3) is 0.455. The SMILES string of the molecule is Cc1ccc(C(C)C(C)S(=O)[O-])cc1. The van der Waals surface area contributed by atoms with Gasteiger partial charge in [-0.05, 0) is 18.4 Å². The molecule has 1 rings (SSSR count). The number of benzene rings is 1. The van der Waals surface area contributed by atoms with Gasteiger partial charge in [0.05, 0.1) is 0 Å². The molecule has 78 valence electrons. The van der Waals surface area contributed by atoms with E-state index in [4.69, 9.17) is 0 Å². The third-order valence-electron chi connectivity index (χ3n) is 2.61. The van der Waals surface area contributed by atoms with Crippen LogP contribution in [0.5, 0.6) is 0 Å². The number of hydrogen-bond acceptors (Lipinski definition) is 2. The number of hydrogen-bond donors (Lipinski definition) is 0. The molecule has 3 heteroatoms. The van der Waals surface area contributed by atoms with Crippen molar-refractivity contribution < 1.29 is 8.76 Å². The Kier molecular flexibility index (Phi) is 3.84. The molecule has 0 radical (unpaired) electrons. The first-order chi connectivity index (χ1) is 6.52. The molecule has 1 aromatic carbocycles. The third kappa shape index (κ3) is 2.66. The highest BCUT2D eigenvalue weighted by atomic mass is 32.2. The zero-order valence-corrected chi connectivity index (χ0v) is 9.51. The summed E-state index contributed by atoms with van der Waals surface area (Å²) in [5, 5.41) is -0.335. The fourth-order valence-electron chi connectivity index (χ4n) is 1.31. The zero-order valence-electron chi connectivity index (χ0n) is 8.69. The van der Waals surface area contributed by atoms with Gasteiger partial charge < -0.3 is 4.55 Å². The van der Waals surface area contributed by atoms with Gasteiger partial charge in [-0.2, -0.15) is 0 Å². The predicted molar refractivity (Wildman–Crippen MR) is 58.0 cm³/mol. The average Bonchev–Trinajstić information content (AvgIpc) is 2.16. The van der Waals surface area contributed by atoms with Crippen LogP contribution in [0.15, 0.2) is 24.3 Å². The fourth-order valence-corrected chi connectivity index (χ4v) is 1.80. The maximum Gasteiger partial charge on any atom is 0.0253 e. The summed E-state index contributed by atoms with van der Waals surface area (Å²) in [5.41, 5.74) is 2.27. The lowest BCUT2D eigenvalue weighted by Gasteiger charge is -2.22. The molecule has 0 amide bonds. The largest absolute Gasteiger partial charge is 0.772 e. The molecule has 0 saturated carbocycles. The Hall–Kier alpha value is -0.670. The molecule has 0 aliphatic heterocycles. The molecule has 0 aromatic heterocycles. The second-order valence-electron chi connectivity index (χ2n) is 3.66. The van der Waals surface area contributed by atoms with Gasteiger partial charge in [0.25, 0.3) is 0 Å². The first kappa shape index (κ1) is 11.4. The van der Waals surface area contributed by atoms with Crippen LogP contribution in [-0.4, -0.2) is 14.0 Å². The summed E-state index contributed by atoms with van der Waals surface area (Å²) in [6.45, 7) is 5.68. The smallest absolute Gasteiger partial charge is 0.0253 e. The maximum absolute atomic E-state index is 10.8. The standard InChI is InChI=1S/C11H16O2S/c1-8-4-6-11(7-5-8)9(2)10(3)14(12)13/h4-7,9-10H,1-3H3,(H,12,13)/p-1. The summed E-state index contributed by atoms with van der Waals surface area (Å²) >= 11 is -2.00. The molecule has 0 N–H and O–H groups in total. The van der Waals surface area contributed by atoms with E-state index in [2.05, 4.69) is 0 Å². The van der Waals surface area contributed by atoms with Crippen LogP contribution in [0.1, 0.15) is 30.9 Å². The van der Waals surface area contributed by atoms with E-state index in [9.17, 15) is 8.76 Å². The zero-order chi connectivity index (χ0) is 10.7. The molecule has 0 spiro atoms. The summed E-state index contributed by atoms with van der Waals surface area (Å²) in [6.07, 6.45) is 0. The van der Waals surface area contributed by atoms with Crippen molar-refractivity contribution in [3.05, 3.63) is 35.4 Å². The highest BCUT2D eigenvalue weighted by molar-refractivity contribution is 7.79. The molecule has 0 heterocycles. The van der Waals surface area contributed by atoms with Crippen molar-refractivity contribution in [3.8, 4) is 0 Å². The van der Waals surface area contributed by atoms with Crippen molar-refractivity contribution in [2.24, 2.45) is 0 Å². The first-order valence-corrected chi connectivity index (χ1v) is 5.81. The van der Waals surface area contributed by atoms with E-state index in [1.165, 1.54) is 5.56 Å². The Bertz CT molecular complexity index is 319. The topological polar surface area (TPSA) is 40.1 Å². The monoisotopic (exact) mass is 211 g/mol. The van der Waals surface area contributed by atoms with E-state index in [-0.39, 0.29) is 11.2 Å². The Balaban J connectivity index is 2.84. The number of rotatable bonds is 3. The van der Waals surface area contributed by atoms with Crippen molar-refractivity contribution in [3.63, 3.8) is 0 Å². The van der Waals surface area contributed by atoms with Crippen LogP contribution in [0, 0.1) is 6.92 Å². The lowest BCUT2D eigenvalue weighted by molar-refractivity contribution is 0.514.